The second-order valence-corrected chi connectivity index (χ2v) is 4.66. The Morgan fingerprint density at radius 3 is 2.94 bits per heavy atom. The standard InChI is InChI=1S/C13H20N2O/c1-14(12-5-2-3-6-12)9-10-15-8-4-7-13(15)11-16/h4,7-8,11-12H,2-3,5-6,9-10H2,1H3. The van der Waals surface area contributed by atoms with Crippen LogP contribution in [0.2, 0.25) is 0 Å². The van der Waals surface area contributed by atoms with Crippen LogP contribution < -0.4 is 0 Å². The van der Waals surface area contributed by atoms with Gasteiger partial charge in [-0.2, -0.15) is 0 Å². The van der Waals surface area contributed by atoms with Crippen LogP contribution in [0.5, 0.6) is 0 Å². The molecule has 0 spiro atoms. The third-order valence-corrected chi connectivity index (χ3v) is 3.63. The average Bonchev–Trinajstić information content (AvgIpc) is 2.96. The van der Waals surface area contributed by atoms with Crippen molar-refractivity contribution < 1.29 is 4.79 Å². The molecule has 1 aromatic heterocycles. The lowest BCUT2D eigenvalue weighted by Gasteiger charge is -2.24. The van der Waals surface area contributed by atoms with Gasteiger partial charge in [-0.05, 0) is 32.0 Å². The van der Waals surface area contributed by atoms with Gasteiger partial charge in [0.25, 0.3) is 0 Å². The maximum atomic E-state index is 10.8. The summed E-state index contributed by atoms with van der Waals surface area (Å²) in [5.74, 6) is 0. The molecule has 0 unspecified atom stereocenters. The third-order valence-electron chi connectivity index (χ3n) is 3.63. The summed E-state index contributed by atoms with van der Waals surface area (Å²) in [5, 5.41) is 0. The van der Waals surface area contributed by atoms with E-state index in [0.29, 0.717) is 0 Å². The highest BCUT2D eigenvalue weighted by Gasteiger charge is 2.18. The van der Waals surface area contributed by atoms with E-state index < -0.39 is 0 Å². The second kappa shape index (κ2) is 5.30. The minimum Gasteiger partial charge on any atom is -0.344 e. The van der Waals surface area contributed by atoms with Crippen molar-refractivity contribution in [3.8, 4) is 0 Å². The van der Waals surface area contributed by atoms with Gasteiger partial charge in [0.2, 0.25) is 0 Å². The minimum absolute atomic E-state index is 0.759. The number of rotatable bonds is 5. The van der Waals surface area contributed by atoms with Crippen molar-refractivity contribution in [2.45, 2.75) is 38.3 Å². The van der Waals surface area contributed by atoms with Crippen molar-refractivity contribution in [1.29, 1.82) is 0 Å². The molecule has 3 heteroatoms. The van der Waals surface area contributed by atoms with Crippen LogP contribution in [0.4, 0.5) is 0 Å². The number of aldehydes is 1. The molecular formula is C13H20N2O. The van der Waals surface area contributed by atoms with Crippen molar-refractivity contribution in [3.05, 3.63) is 24.0 Å². The zero-order valence-electron chi connectivity index (χ0n) is 9.93. The fourth-order valence-corrected chi connectivity index (χ4v) is 2.53. The Bertz CT molecular complexity index is 339. The van der Waals surface area contributed by atoms with Gasteiger partial charge in [0, 0.05) is 25.3 Å². The summed E-state index contributed by atoms with van der Waals surface area (Å²) >= 11 is 0. The van der Waals surface area contributed by atoms with E-state index in [0.717, 1.165) is 31.1 Å². The van der Waals surface area contributed by atoms with Crippen LogP contribution in [0.1, 0.15) is 36.2 Å². The molecule has 3 nitrogen and oxygen atoms in total. The molecule has 1 fully saturated rings. The van der Waals surface area contributed by atoms with E-state index in [2.05, 4.69) is 11.9 Å². The molecule has 88 valence electrons. The van der Waals surface area contributed by atoms with Crippen LogP contribution in [-0.4, -0.2) is 35.4 Å². The number of likely N-dealkylation sites (N-methyl/N-ethyl adjacent to an activating group) is 1. The topological polar surface area (TPSA) is 25.2 Å². The van der Waals surface area contributed by atoms with Gasteiger partial charge in [0.05, 0.1) is 5.69 Å². The van der Waals surface area contributed by atoms with E-state index in [1.807, 2.05) is 22.9 Å². The van der Waals surface area contributed by atoms with E-state index in [4.69, 9.17) is 0 Å². The molecule has 0 N–H and O–H groups in total. The number of hydrogen-bond donors (Lipinski definition) is 0. The first-order chi connectivity index (χ1) is 7.81. The number of carbonyl (C=O) groups excluding carboxylic acids is 1. The fourth-order valence-electron chi connectivity index (χ4n) is 2.53. The summed E-state index contributed by atoms with van der Waals surface area (Å²) in [6, 6.07) is 4.55. The first-order valence-corrected chi connectivity index (χ1v) is 6.12. The van der Waals surface area contributed by atoms with Crippen LogP contribution >= 0.6 is 0 Å². The Balaban J connectivity index is 1.84. The Labute approximate surface area is 97.1 Å². The molecule has 0 amide bonds. The van der Waals surface area contributed by atoms with E-state index in [9.17, 15) is 4.79 Å². The minimum atomic E-state index is 0.759. The van der Waals surface area contributed by atoms with E-state index in [1.165, 1.54) is 25.7 Å². The number of nitrogens with zero attached hydrogens (tertiary/aromatic N) is 2. The highest BCUT2D eigenvalue weighted by atomic mass is 16.1. The fraction of sp³-hybridized carbons (Fsp3) is 0.615. The van der Waals surface area contributed by atoms with Crippen LogP contribution in [-0.2, 0) is 6.54 Å². The molecule has 0 bridgehead atoms. The highest BCUT2D eigenvalue weighted by molar-refractivity contribution is 5.72. The molecule has 2 rings (SSSR count). The number of carbonyl (C=O) groups is 1. The lowest BCUT2D eigenvalue weighted by molar-refractivity contribution is 0.111. The first kappa shape index (κ1) is 11.4. The SMILES string of the molecule is CN(CCn1cccc1C=O)C1CCCC1. The van der Waals surface area contributed by atoms with Gasteiger partial charge < -0.3 is 9.47 Å². The van der Waals surface area contributed by atoms with Gasteiger partial charge in [-0.1, -0.05) is 12.8 Å². The summed E-state index contributed by atoms with van der Waals surface area (Å²) in [6.45, 7) is 1.94. The summed E-state index contributed by atoms with van der Waals surface area (Å²) < 4.78 is 2.03. The van der Waals surface area contributed by atoms with Gasteiger partial charge >= 0.3 is 0 Å². The zero-order valence-corrected chi connectivity index (χ0v) is 9.93. The second-order valence-electron chi connectivity index (χ2n) is 4.66. The number of hydrogen-bond acceptors (Lipinski definition) is 2. The predicted molar refractivity (Wildman–Crippen MR) is 64.7 cm³/mol. The highest BCUT2D eigenvalue weighted by Crippen LogP contribution is 2.22. The summed E-state index contributed by atoms with van der Waals surface area (Å²) in [6.07, 6.45) is 8.32. The zero-order chi connectivity index (χ0) is 11.4. The molecule has 0 aliphatic heterocycles. The lowest BCUT2D eigenvalue weighted by atomic mass is 10.2. The monoisotopic (exact) mass is 220 g/mol. The van der Waals surface area contributed by atoms with Gasteiger partial charge in [-0.15, -0.1) is 0 Å². The van der Waals surface area contributed by atoms with Crippen LogP contribution in [0.3, 0.4) is 0 Å². The molecule has 0 aromatic carbocycles. The van der Waals surface area contributed by atoms with Crippen molar-refractivity contribution in [3.63, 3.8) is 0 Å². The molecule has 0 radical (unpaired) electrons. The van der Waals surface area contributed by atoms with Crippen molar-refractivity contribution in [1.82, 2.24) is 9.47 Å². The molecule has 0 atom stereocenters. The van der Waals surface area contributed by atoms with Crippen LogP contribution in [0.15, 0.2) is 18.3 Å². The van der Waals surface area contributed by atoms with E-state index in [-0.39, 0.29) is 0 Å². The van der Waals surface area contributed by atoms with Crippen molar-refractivity contribution >= 4 is 6.29 Å². The molecule has 16 heavy (non-hydrogen) atoms. The predicted octanol–water partition coefficient (Wildman–Crippen LogP) is 2.17. The summed E-state index contributed by atoms with van der Waals surface area (Å²) in [4.78, 5) is 13.2. The van der Waals surface area contributed by atoms with Crippen LogP contribution in [0, 0.1) is 0 Å². The molecular weight excluding hydrogens is 200 g/mol. The summed E-state index contributed by atoms with van der Waals surface area (Å²) in [5.41, 5.74) is 0.778. The number of aromatic nitrogens is 1. The molecule has 0 saturated heterocycles. The molecule has 1 saturated carbocycles. The van der Waals surface area contributed by atoms with E-state index >= 15 is 0 Å². The Morgan fingerprint density at radius 1 is 1.50 bits per heavy atom. The van der Waals surface area contributed by atoms with Gasteiger partial charge in [-0.3, -0.25) is 4.79 Å². The van der Waals surface area contributed by atoms with Gasteiger partial charge in [-0.25, -0.2) is 0 Å². The molecule has 1 heterocycles. The average molecular weight is 220 g/mol. The third kappa shape index (κ3) is 2.53. The quantitative estimate of drug-likeness (QED) is 0.711. The van der Waals surface area contributed by atoms with Crippen molar-refractivity contribution in [2.75, 3.05) is 13.6 Å². The molecule has 1 aliphatic rings. The van der Waals surface area contributed by atoms with Crippen LogP contribution in [0.25, 0.3) is 0 Å². The van der Waals surface area contributed by atoms with Gasteiger partial charge in [0.1, 0.15) is 0 Å². The normalized spacial score (nSPS) is 17.1. The maximum absolute atomic E-state index is 10.8. The smallest absolute Gasteiger partial charge is 0.166 e. The summed E-state index contributed by atoms with van der Waals surface area (Å²) in [7, 11) is 2.19. The molecule has 1 aromatic rings. The van der Waals surface area contributed by atoms with Gasteiger partial charge in [0.15, 0.2) is 6.29 Å². The lowest BCUT2D eigenvalue weighted by Crippen LogP contribution is -2.32. The molecule has 1 aliphatic carbocycles. The Morgan fingerprint density at radius 2 is 2.25 bits per heavy atom. The Hall–Kier alpha value is -1.09. The largest absolute Gasteiger partial charge is 0.344 e. The first-order valence-electron chi connectivity index (χ1n) is 6.12. The maximum Gasteiger partial charge on any atom is 0.166 e. The van der Waals surface area contributed by atoms with Crippen molar-refractivity contribution in [2.24, 2.45) is 0 Å². The Kier molecular flexibility index (Phi) is 3.78. The van der Waals surface area contributed by atoms with E-state index in [1.54, 1.807) is 0 Å².